The maximum absolute atomic E-state index is 12.2. The number of nitrogens with zero attached hydrogens (tertiary/aromatic N) is 4. The van der Waals surface area contributed by atoms with E-state index in [-0.39, 0.29) is 75.9 Å². The Morgan fingerprint density at radius 1 is 0.473 bits per heavy atom. The van der Waals surface area contributed by atoms with E-state index in [2.05, 4.69) is 20.5 Å². The molecule has 0 unspecified atom stereocenters. The van der Waals surface area contributed by atoms with Crippen LogP contribution < -0.4 is 5.11 Å². The molecule has 55 heavy (non-hydrogen) atoms. The molecule has 0 atom stereocenters. The monoisotopic (exact) mass is 892 g/mol. The largest absolute Gasteiger partial charge is 2.00 e. The van der Waals surface area contributed by atoms with E-state index < -0.39 is 20.2 Å². The van der Waals surface area contributed by atoms with Gasteiger partial charge in [0.25, 0.3) is 10.1 Å². The zero-order valence-electron chi connectivity index (χ0n) is 28.5. The fourth-order valence-corrected chi connectivity index (χ4v) is 7.37. The Bertz CT molecular complexity index is 2840. The summed E-state index contributed by atoms with van der Waals surface area (Å²) in [5.41, 5.74) is 1.53. The van der Waals surface area contributed by atoms with Crippen LogP contribution in [0.15, 0.2) is 176 Å². The van der Waals surface area contributed by atoms with E-state index in [4.69, 9.17) is 0 Å². The van der Waals surface area contributed by atoms with Gasteiger partial charge in [-0.2, -0.15) is 23.8 Å². The summed E-state index contributed by atoms with van der Waals surface area (Å²) in [4.78, 5) is -0.436. The molecule has 0 heterocycles. The minimum absolute atomic E-state index is 0. The predicted octanol–water partition coefficient (Wildman–Crippen LogP) is 9.37. The van der Waals surface area contributed by atoms with Crippen LogP contribution in [0.3, 0.4) is 0 Å². The second-order valence-corrected chi connectivity index (χ2v) is 14.7. The molecule has 2 N–H and O–H groups in total. The van der Waals surface area contributed by atoms with Gasteiger partial charge in [-0.25, -0.2) is 8.42 Å². The first-order valence-corrected chi connectivity index (χ1v) is 18.9. The molecule has 0 aliphatic carbocycles. The molecule has 0 saturated carbocycles. The number of phenols is 1. The number of azo groups is 2. The summed E-state index contributed by atoms with van der Waals surface area (Å²) >= 11 is 0. The zero-order valence-corrected chi connectivity index (χ0v) is 34.6. The van der Waals surface area contributed by atoms with Gasteiger partial charge in [0.15, 0.2) is 0 Å². The van der Waals surface area contributed by atoms with Crippen molar-refractivity contribution in [3.63, 3.8) is 0 Å². The van der Waals surface area contributed by atoms with E-state index in [1.807, 2.05) is 42.5 Å². The standard InChI is InChI=1S/2C20H14N2O4S.Ba/c2*23-18-11-8-13-4-1-2-6-17(13)20(18)22-21-15-9-10-16-14(12-15)5-3-7-19(16)27(24,25)26;/h2*1-12,23H,(H,24,25,26);/q;;+2/p-2. The molecule has 15 heteroatoms. The van der Waals surface area contributed by atoms with Crippen LogP contribution in [-0.2, 0) is 20.2 Å². The maximum atomic E-state index is 12.2. The van der Waals surface area contributed by atoms with Gasteiger partial charge in [-0.05, 0) is 69.4 Å². The van der Waals surface area contributed by atoms with Gasteiger partial charge in [-0.15, -0.1) is 5.11 Å². The molecule has 0 spiro atoms. The molecule has 0 aliphatic heterocycles. The van der Waals surface area contributed by atoms with Gasteiger partial charge in [0.1, 0.15) is 26.5 Å². The van der Waals surface area contributed by atoms with Crippen molar-refractivity contribution in [2.45, 2.75) is 9.79 Å². The summed E-state index contributed by atoms with van der Waals surface area (Å²) in [5, 5.41) is 44.1. The minimum Gasteiger partial charge on any atom is -0.871 e. The minimum atomic E-state index is -4.57. The van der Waals surface area contributed by atoms with Crippen LogP contribution in [0, 0.1) is 0 Å². The Labute approximate surface area is 355 Å². The van der Waals surface area contributed by atoms with E-state index in [1.165, 1.54) is 30.3 Å². The van der Waals surface area contributed by atoms with Crippen LogP contribution in [0.2, 0.25) is 0 Å². The molecule has 0 amide bonds. The van der Waals surface area contributed by atoms with E-state index in [0.29, 0.717) is 44.0 Å². The summed E-state index contributed by atoms with van der Waals surface area (Å²) in [6, 6.07) is 40.0. The first-order valence-electron chi connectivity index (χ1n) is 16.1. The number of hydrogen-bond acceptors (Lipinski definition) is 11. The third kappa shape index (κ3) is 8.78. The Hall–Kier alpha value is -5.01. The van der Waals surface area contributed by atoms with Crippen LogP contribution in [0.1, 0.15) is 0 Å². The van der Waals surface area contributed by atoms with Gasteiger partial charge in [-0.1, -0.05) is 109 Å². The smallest absolute Gasteiger partial charge is 0.871 e. The molecular formula is C40H26BaN4O8S2. The van der Waals surface area contributed by atoms with Crippen molar-refractivity contribution in [1.29, 1.82) is 0 Å². The van der Waals surface area contributed by atoms with E-state index in [9.17, 15) is 36.2 Å². The van der Waals surface area contributed by atoms with Gasteiger partial charge >= 0.3 is 48.9 Å². The summed E-state index contributed by atoms with van der Waals surface area (Å²) in [7, 11) is -8.89. The van der Waals surface area contributed by atoms with Crippen molar-refractivity contribution >= 4 is 135 Å². The molecule has 8 aromatic rings. The van der Waals surface area contributed by atoms with Crippen LogP contribution in [0.4, 0.5) is 22.7 Å². The fraction of sp³-hybridized carbons (Fsp3) is 0. The zero-order chi connectivity index (χ0) is 38.0. The Morgan fingerprint density at radius 3 is 1.51 bits per heavy atom. The second-order valence-electron chi connectivity index (χ2n) is 11.9. The molecule has 0 fully saturated rings. The molecular weight excluding hydrogens is 866 g/mol. The topological polar surface area (TPSA) is 204 Å². The first-order chi connectivity index (χ1) is 25.9. The van der Waals surface area contributed by atoms with Crippen LogP contribution in [0.25, 0.3) is 43.1 Å². The summed E-state index contributed by atoms with van der Waals surface area (Å²) in [6.07, 6.45) is 0. The average molecular weight is 892 g/mol. The Balaban J connectivity index is 0.000000184. The van der Waals surface area contributed by atoms with Gasteiger partial charge < -0.3 is 14.8 Å². The predicted molar refractivity (Wildman–Crippen MR) is 209 cm³/mol. The Kier molecular flexibility index (Phi) is 11.8. The number of fused-ring (bicyclic) bond motifs is 4. The SMILES string of the molecule is O=S(=O)(O)c1cccc2cc(N=Nc3c(O)ccc4ccccc34)ccc12.O=S(=O)([O-])c1cccc2cc(N=Nc3c([O-])ccc4ccccc34)ccc12.[Ba+2]. The second kappa shape index (κ2) is 16.4. The molecule has 0 aliphatic rings. The Morgan fingerprint density at radius 2 is 0.945 bits per heavy atom. The molecule has 0 radical (unpaired) electrons. The van der Waals surface area contributed by atoms with Crippen molar-refractivity contribution in [2.75, 3.05) is 0 Å². The van der Waals surface area contributed by atoms with Gasteiger partial charge in [0.2, 0.25) is 0 Å². The maximum Gasteiger partial charge on any atom is 2.00 e. The molecule has 12 nitrogen and oxygen atoms in total. The van der Waals surface area contributed by atoms with Gasteiger partial charge in [-0.3, -0.25) is 4.55 Å². The van der Waals surface area contributed by atoms with Gasteiger partial charge in [0, 0.05) is 16.2 Å². The molecule has 8 aromatic carbocycles. The molecule has 0 bridgehead atoms. The molecule has 268 valence electrons. The first kappa shape index (κ1) is 39.7. The van der Waals surface area contributed by atoms with E-state index in [0.717, 1.165) is 16.2 Å². The summed E-state index contributed by atoms with van der Waals surface area (Å²) in [6.45, 7) is 0. The quantitative estimate of drug-likeness (QED) is 0.0933. The van der Waals surface area contributed by atoms with E-state index >= 15 is 0 Å². The van der Waals surface area contributed by atoms with Crippen molar-refractivity contribution in [2.24, 2.45) is 20.5 Å². The normalized spacial score (nSPS) is 12.0. The number of rotatable bonds is 6. The number of phenolic OH excluding ortho intramolecular Hbond substituents is 1. The van der Waals surface area contributed by atoms with Gasteiger partial charge in [0.05, 0.1) is 22.0 Å². The third-order valence-electron chi connectivity index (χ3n) is 8.47. The number of hydrogen-bond donors (Lipinski definition) is 2. The third-order valence-corrected chi connectivity index (χ3v) is 10.3. The van der Waals surface area contributed by atoms with Crippen molar-refractivity contribution in [1.82, 2.24) is 0 Å². The average Bonchev–Trinajstić information content (AvgIpc) is 3.16. The van der Waals surface area contributed by atoms with Crippen LogP contribution in [-0.4, -0.2) is 79.9 Å². The number of aromatic hydroxyl groups is 1. The van der Waals surface area contributed by atoms with E-state index in [1.54, 1.807) is 72.8 Å². The number of benzene rings is 8. The van der Waals surface area contributed by atoms with Crippen LogP contribution >= 0.6 is 0 Å². The van der Waals surface area contributed by atoms with Crippen LogP contribution in [0.5, 0.6) is 11.5 Å². The summed E-state index contributed by atoms with van der Waals surface area (Å²) < 4.78 is 66.4. The fourth-order valence-electron chi connectivity index (χ4n) is 5.95. The summed E-state index contributed by atoms with van der Waals surface area (Å²) in [5.74, 6) is -0.218. The van der Waals surface area contributed by atoms with Crippen molar-refractivity contribution < 1.29 is 36.2 Å². The molecule has 8 rings (SSSR count). The molecule has 0 aromatic heterocycles. The van der Waals surface area contributed by atoms with Crippen molar-refractivity contribution in [3.05, 3.63) is 146 Å². The van der Waals surface area contributed by atoms with Crippen molar-refractivity contribution in [3.8, 4) is 11.5 Å². The molecule has 0 saturated heterocycles.